The Labute approximate surface area is 223 Å². The van der Waals surface area contributed by atoms with E-state index in [1.165, 1.54) is 23.8 Å². The van der Waals surface area contributed by atoms with Crippen LogP contribution in [0, 0.1) is 0 Å². The van der Waals surface area contributed by atoms with Gasteiger partial charge in [0.25, 0.3) is 0 Å². The van der Waals surface area contributed by atoms with E-state index >= 15 is 0 Å². The summed E-state index contributed by atoms with van der Waals surface area (Å²) in [6.07, 6.45) is 4.98. The Morgan fingerprint density at radius 3 is 2.43 bits per heavy atom. The predicted octanol–water partition coefficient (Wildman–Crippen LogP) is 3.63. The molecule has 3 rings (SSSR count). The number of ether oxygens (including phenoxy) is 2. The van der Waals surface area contributed by atoms with Crippen molar-refractivity contribution in [3.05, 3.63) is 46.7 Å². The van der Waals surface area contributed by atoms with E-state index in [4.69, 9.17) is 32.7 Å². The molecule has 0 fully saturated rings. The largest absolute Gasteiger partial charge is 0.495 e. The minimum Gasteiger partial charge on any atom is -0.495 e. The van der Waals surface area contributed by atoms with Crippen LogP contribution in [0.2, 0.25) is 10.0 Å². The van der Waals surface area contributed by atoms with Crippen LogP contribution in [0.25, 0.3) is 0 Å². The Kier molecular flexibility index (Phi) is 8.79. The number of hydrogen-bond acceptors (Lipinski definition) is 9. The first-order valence-electron chi connectivity index (χ1n) is 10.7. The minimum atomic E-state index is -0.422. The van der Waals surface area contributed by atoms with Crippen molar-refractivity contribution in [3.8, 4) is 11.5 Å². The van der Waals surface area contributed by atoms with Crippen molar-refractivity contribution in [2.45, 2.75) is 6.54 Å². The van der Waals surface area contributed by atoms with Crippen LogP contribution < -0.4 is 29.9 Å². The monoisotopic (exact) mass is 548 g/mol. The van der Waals surface area contributed by atoms with E-state index in [1.54, 1.807) is 44.5 Å². The summed E-state index contributed by atoms with van der Waals surface area (Å²) < 4.78 is 12.2. The highest BCUT2D eigenvalue weighted by atomic mass is 35.5. The zero-order chi connectivity index (χ0) is 27.3. The Morgan fingerprint density at radius 2 is 1.86 bits per heavy atom. The maximum Gasteiger partial charge on any atom is 0.249 e. The van der Waals surface area contributed by atoms with Gasteiger partial charge in [-0.2, -0.15) is 10.1 Å². The van der Waals surface area contributed by atoms with Gasteiger partial charge in [-0.05, 0) is 6.08 Å². The van der Waals surface area contributed by atoms with E-state index in [1.807, 2.05) is 0 Å². The number of hydrogen-bond donors (Lipinski definition) is 2. The molecule has 2 amide bonds. The molecule has 0 aliphatic heterocycles. The molecule has 196 valence electrons. The summed E-state index contributed by atoms with van der Waals surface area (Å²) in [5.74, 6) is 1.14. The number of rotatable bonds is 11. The second-order valence-electron chi connectivity index (χ2n) is 7.76. The molecule has 2 heterocycles. The summed E-state index contributed by atoms with van der Waals surface area (Å²) in [4.78, 5) is 35.4. The van der Waals surface area contributed by atoms with Crippen molar-refractivity contribution in [3.63, 3.8) is 0 Å². The number of amides is 2. The number of anilines is 5. The molecule has 0 saturated heterocycles. The lowest BCUT2D eigenvalue weighted by Crippen LogP contribution is -2.23. The first-order chi connectivity index (χ1) is 17.6. The van der Waals surface area contributed by atoms with Gasteiger partial charge in [0, 0.05) is 45.5 Å². The first kappa shape index (κ1) is 27.6. The van der Waals surface area contributed by atoms with Crippen LogP contribution in [-0.4, -0.2) is 60.4 Å². The second kappa shape index (κ2) is 11.8. The van der Waals surface area contributed by atoms with Crippen molar-refractivity contribution in [2.75, 3.05) is 48.7 Å². The fraction of sp³-hybridized carbons (Fsp3) is 0.261. The number of aromatic nitrogens is 4. The number of aryl methyl sites for hydroxylation is 1. The SMILES string of the molecule is C=CC(=O)Nc1nn(C)cc1Nc1ncc(CN(C)c2c(Cl)c(OC)cc(OC)c2Cl)c(N(C)C=O)n1. The van der Waals surface area contributed by atoms with Crippen molar-refractivity contribution < 1.29 is 19.1 Å². The second-order valence-corrected chi connectivity index (χ2v) is 8.51. The van der Waals surface area contributed by atoms with Crippen LogP contribution in [0.3, 0.4) is 0 Å². The Morgan fingerprint density at radius 1 is 1.22 bits per heavy atom. The van der Waals surface area contributed by atoms with Crippen molar-refractivity contribution in [1.29, 1.82) is 0 Å². The summed E-state index contributed by atoms with van der Waals surface area (Å²) in [6.45, 7) is 3.67. The maximum absolute atomic E-state index is 11.7. The van der Waals surface area contributed by atoms with Crippen molar-refractivity contribution in [2.24, 2.45) is 7.05 Å². The minimum absolute atomic E-state index is 0.177. The lowest BCUT2D eigenvalue weighted by Gasteiger charge is -2.25. The number of benzene rings is 1. The summed E-state index contributed by atoms with van der Waals surface area (Å²) in [5, 5.41) is 10.4. The fourth-order valence-corrected chi connectivity index (χ4v) is 4.22. The van der Waals surface area contributed by atoms with Crippen LogP contribution in [-0.2, 0) is 23.2 Å². The molecule has 0 spiro atoms. The van der Waals surface area contributed by atoms with Gasteiger partial charge in [0.15, 0.2) is 5.82 Å². The van der Waals surface area contributed by atoms with Crippen molar-refractivity contribution in [1.82, 2.24) is 19.7 Å². The van der Waals surface area contributed by atoms with Gasteiger partial charge < -0.3 is 29.9 Å². The zero-order valence-electron chi connectivity index (χ0n) is 20.9. The molecular formula is C23H26Cl2N8O4. The molecular weight excluding hydrogens is 523 g/mol. The fourth-order valence-electron chi connectivity index (χ4n) is 3.43. The summed E-state index contributed by atoms with van der Waals surface area (Å²) in [6, 6.07) is 1.60. The van der Waals surface area contributed by atoms with E-state index in [-0.39, 0.29) is 18.3 Å². The standard InChI is InChI=1S/C23H26Cl2N8O4/c1-7-17(35)28-21-14(11-33(4)30-21)27-23-26-9-13(22(29-23)32(3)12-34)10-31(2)20-18(24)15(36-5)8-16(37-6)19(20)25/h7-9,11-12H,1,10H2,2-6H3,(H,26,27,29)(H,28,30,35). The third-order valence-corrected chi connectivity index (χ3v) is 5.91. The van der Waals surface area contributed by atoms with Gasteiger partial charge in [-0.3, -0.25) is 14.3 Å². The lowest BCUT2D eigenvalue weighted by atomic mass is 10.2. The van der Waals surface area contributed by atoms with Crippen molar-refractivity contribution >= 4 is 64.5 Å². The third-order valence-electron chi connectivity index (χ3n) is 5.18. The van der Waals surface area contributed by atoms with Crippen LogP contribution in [0.1, 0.15) is 5.56 Å². The highest BCUT2D eigenvalue weighted by Gasteiger charge is 2.22. The Bertz CT molecular complexity index is 1300. The number of carbonyl (C=O) groups is 2. The predicted molar refractivity (Wildman–Crippen MR) is 143 cm³/mol. The highest BCUT2D eigenvalue weighted by Crippen LogP contribution is 2.46. The van der Waals surface area contributed by atoms with Gasteiger partial charge in [-0.1, -0.05) is 29.8 Å². The normalized spacial score (nSPS) is 10.5. The summed E-state index contributed by atoms with van der Waals surface area (Å²) >= 11 is 13.1. The molecule has 14 heteroatoms. The van der Waals surface area contributed by atoms with Gasteiger partial charge in [0.1, 0.15) is 33.0 Å². The average molecular weight is 549 g/mol. The number of nitrogens with one attached hydrogen (secondary N) is 2. The number of halogens is 2. The van der Waals surface area contributed by atoms with E-state index in [0.29, 0.717) is 50.7 Å². The topological polar surface area (TPSA) is 127 Å². The summed E-state index contributed by atoms with van der Waals surface area (Å²) in [7, 11) is 8.02. The molecule has 0 bridgehead atoms. The van der Waals surface area contributed by atoms with Crippen LogP contribution in [0.15, 0.2) is 31.1 Å². The molecule has 37 heavy (non-hydrogen) atoms. The van der Waals surface area contributed by atoms with Crippen LogP contribution >= 0.6 is 23.2 Å². The van der Waals surface area contributed by atoms with E-state index in [2.05, 4.69) is 32.3 Å². The number of nitrogens with zero attached hydrogens (tertiary/aromatic N) is 6. The molecule has 3 aromatic rings. The molecule has 0 atom stereocenters. The Balaban J connectivity index is 1.97. The van der Waals surface area contributed by atoms with Gasteiger partial charge in [-0.25, -0.2) is 4.98 Å². The number of carbonyl (C=O) groups excluding carboxylic acids is 2. The van der Waals surface area contributed by atoms with Gasteiger partial charge in [-0.15, -0.1) is 0 Å². The lowest BCUT2D eigenvalue weighted by molar-refractivity contribution is -0.112. The van der Waals surface area contributed by atoms with Crippen LogP contribution in [0.4, 0.5) is 29.0 Å². The molecule has 0 unspecified atom stereocenters. The molecule has 0 aliphatic carbocycles. The number of methoxy groups -OCH3 is 2. The van der Waals surface area contributed by atoms with Gasteiger partial charge >= 0.3 is 0 Å². The molecule has 0 saturated carbocycles. The molecule has 2 N–H and O–H groups in total. The van der Waals surface area contributed by atoms with E-state index < -0.39 is 5.91 Å². The van der Waals surface area contributed by atoms with E-state index in [0.717, 1.165) is 6.08 Å². The maximum atomic E-state index is 11.7. The quantitative estimate of drug-likeness (QED) is 0.272. The van der Waals surface area contributed by atoms with Gasteiger partial charge in [0.05, 0.1) is 26.1 Å². The van der Waals surface area contributed by atoms with Crippen LogP contribution in [0.5, 0.6) is 11.5 Å². The van der Waals surface area contributed by atoms with Gasteiger partial charge in [0.2, 0.25) is 18.3 Å². The van der Waals surface area contributed by atoms with E-state index in [9.17, 15) is 9.59 Å². The zero-order valence-corrected chi connectivity index (χ0v) is 22.4. The summed E-state index contributed by atoms with van der Waals surface area (Å²) in [5.41, 5.74) is 1.52. The highest BCUT2D eigenvalue weighted by molar-refractivity contribution is 6.41. The molecule has 0 aliphatic rings. The molecule has 1 aromatic carbocycles. The average Bonchev–Trinajstić information content (AvgIpc) is 3.22. The Hall–Kier alpha value is -4.03. The molecule has 0 radical (unpaired) electrons. The molecule has 2 aromatic heterocycles. The third kappa shape index (κ3) is 6.04. The first-order valence-corrected chi connectivity index (χ1v) is 11.5. The smallest absolute Gasteiger partial charge is 0.249 e. The molecule has 12 nitrogen and oxygen atoms in total.